The van der Waals surface area contributed by atoms with Crippen molar-refractivity contribution < 1.29 is 98.1 Å². The first-order valence-corrected chi connectivity index (χ1v) is 10.8. The average Bonchev–Trinajstić information content (AvgIpc) is 2.61. The predicted octanol–water partition coefficient (Wildman–Crippen LogP) is 13.3. The summed E-state index contributed by atoms with van der Waals surface area (Å²) in [5.74, 6) is 2.77. The standard InChI is InChI=1S/2C8H16.C7H14.C3H7.5CH4.2CH3.3Y/c1-5-6-8(4)7(2)3;1-4-7-8(5-2)6-3;1-4-6-7(3)5-2;1-3-2;;;;;;;;;;/h7-8H,1,4-6H2,2-3H3;5,8H,1,4,6-7H2,2-3H3;7H,1,3-6H2,2H3;3H,1-2H3;5*1H4;2*1H3;;;/q3*-2;-1;;;;;;2*-1;3*+3. The van der Waals surface area contributed by atoms with Crippen LogP contribution in [0.15, 0.2) is 0 Å². The van der Waals surface area contributed by atoms with Crippen LogP contribution in [0.25, 0.3) is 0 Å². The van der Waals surface area contributed by atoms with Crippen molar-refractivity contribution in [1.82, 2.24) is 0 Å². The Kier molecular flexibility index (Phi) is 208. The maximum atomic E-state index is 3.99. The van der Waals surface area contributed by atoms with Gasteiger partial charge < -0.3 is 62.3 Å². The molecule has 0 aromatic rings. The third kappa shape index (κ3) is 98.8. The molecular formula is C33H79Y3. The van der Waals surface area contributed by atoms with Crippen molar-refractivity contribution in [3.05, 3.63) is 62.3 Å². The summed E-state index contributed by atoms with van der Waals surface area (Å²) in [5, 5.41) is 0. The van der Waals surface area contributed by atoms with Crippen LogP contribution < -0.4 is 0 Å². The van der Waals surface area contributed by atoms with Gasteiger partial charge in [-0.1, -0.05) is 83.6 Å². The minimum atomic E-state index is 0. The Morgan fingerprint density at radius 2 is 0.917 bits per heavy atom. The van der Waals surface area contributed by atoms with E-state index >= 15 is 0 Å². The Balaban J connectivity index is -0.0000000141. The van der Waals surface area contributed by atoms with Crippen LogP contribution in [-0.4, -0.2) is 0 Å². The van der Waals surface area contributed by atoms with E-state index in [1.807, 2.05) is 20.3 Å². The molecule has 0 bridgehead atoms. The Morgan fingerprint density at radius 1 is 0.611 bits per heavy atom. The molecule has 0 aliphatic carbocycles. The zero-order valence-electron chi connectivity index (χ0n) is 23.4. The van der Waals surface area contributed by atoms with E-state index in [-0.39, 0.29) is 150 Å². The van der Waals surface area contributed by atoms with Crippen LogP contribution in [0.1, 0.15) is 137 Å². The predicted molar refractivity (Wildman–Crippen MR) is 172 cm³/mol. The Bertz CT molecular complexity index is 201. The van der Waals surface area contributed by atoms with Gasteiger partial charge >= 0.3 is 98.1 Å². The maximum Gasteiger partial charge on any atom is 3.00 e. The first-order chi connectivity index (χ1) is 12.2. The van der Waals surface area contributed by atoms with Crippen molar-refractivity contribution in [3.63, 3.8) is 0 Å². The van der Waals surface area contributed by atoms with E-state index in [0.717, 1.165) is 37.5 Å². The van der Waals surface area contributed by atoms with Crippen molar-refractivity contribution in [1.29, 1.82) is 0 Å². The van der Waals surface area contributed by atoms with E-state index in [9.17, 15) is 0 Å². The van der Waals surface area contributed by atoms with Gasteiger partial charge in [-0.05, 0) is 0 Å². The number of hydrogen-bond donors (Lipinski definition) is 0. The molecule has 0 aliphatic heterocycles. The molecule has 3 heteroatoms. The van der Waals surface area contributed by atoms with Gasteiger partial charge in [0.2, 0.25) is 0 Å². The van der Waals surface area contributed by atoms with Crippen LogP contribution in [0.4, 0.5) is 0 Å². The first-order valence-electron chi connectivity index (χ1n) is 10.8. The molecule has 220 valence electrons. The quantitative estimate of drug-likeness (QED) is 0.196. The van der Waals surface area contributed by atoms with E-state index in [0.29, 0.717) is 11.8 Å². The molecule has 0 amide bonds. The minimum Gasteiger partial charge on any atom is -0.358 e. The van der Waals surface area contributed by atoms with Crippen LogP contribution in [0.2, 0.25) is 0 Å². The molecule has 0 rings (SSSR count). The fourth-order valence-corrected chi connectivity index (χ4v) is 1.96. The third-order valence-electron chi connectivity index (χ3n) is 4.28. The molecule has 0 aliphatic rings. The molecule has 3 unspecified atom stereocenters. The zero-order chi connectivity index (χ0) is 21.4. The summed E-state index contributed by atoms with van der Waals surface area (Å²) in [6.07, 6.45) is 13.4. The van der Waals surface area contributed by atoms with Crippen LogP contribution in [0.5, 0.6) is 0 Å². The topological polar surface area (TPSA) is 0 Å². The Morgan fingerprint density at radius 3 is 1.00 bits per heavy atom. The summed E-state index contributed by atoms with van der Waals surface area (Å²) in [4.78, 5) is 0. The molecule has 0 heterocycles. The van der Waals surface area contributed by atoms with E-state index in [4.69, 9.17) is 0 Å². The summed E-state index contributed by atoms with van der Waals surface area (Å²) in [6.45, 7) is 34.1. The van der Waals surface area contributed by atoms with Crippen LogP contribution in [0.3, 0.4) is 0 Å². The Labute approximate surface area is 317 Å². The molecule has 0 spiro atoms. The molecule has 0 nitrogen and oxygen atoms in total. The van der Waals surface area contributed by atoms with Crippen molar-refractivity contribution in [3.8, 4) is 0 Å². The van der Waals surface area contributed by atoms with E-state index in [2.05, 4.69) is 75.7 Å². The monoisotopic (exact) mass is 742 g/mol. The molecule has 0 saturated heterocycles. The van der Waals surface area contributed by atoms with Gasteiger partial charge in [0.25, 0.3) is 0 Å². The number of hydrogen-bond acceptors (Lipinski definition) is 0. The van der Waals surface area contributed by atoms with Gasteiger partial charge in [-0.3, -0.25) is 0 Å². The summed E-state index contributed by atoms with van der Waals surface area (Å²) in [5.41, 5.74) is 0. The smallest absolute Gasteiger partial charge is 0.358 e. The van der Waals surface area contributed by atoms with Gasteiger partial charge in [-0.25, -0.2) is 0 Å². The molecule has 3 atom stereocenters. The second-order valence-electron chi connectivity index (χ2n) is 7.28. The zero-order valence-corrected chi connectivity index (χ0v) is 31.9. The van der Waals surface area contributed by atoms with Crippen molar-refractivity contribution in [2.24, 2.45) is 23.7 Å². The molecule has 0 fully saturated rings. The fourth-order valence-electron chi connectivity index (χ4n) is 1.96. The van der Waals surface area contributed by atoms with Crippen LogP contribution in [0, 0.1) is 86.0 Å². The largest absolute Gasteiger partial charge is 3.00 e. The van der Waals surface area contributed by atoms with Gasteiger partial charge in [-0.15, -0.1) is 19.3 Å². The second kappa shape index (κ2) is 83.2. The molecular weight excluding hydrogens is 663 g/mol. The first kappa shape index (κ1) is 90.1. The number of rotatable bonds is 10. The minimum absolute atomic E-state index is 0. The summed E-state index contributed by atoms with van der Waals surface area (Å²) in [7, 11) is 0. The molecule has 0 radical (unpaired) electrons. The Hall–Kier alpha value is 3.31. The van der Waals surface area contributed by atoms with Crippen molar-refractivity contribution >= 4 is 0 Å². The van der Waals surface area contributed by atoms with Crippen molar-refractivity contribution in [2.45, 2.75) is 137 Å². The molecule has 0 aromatic carbocycles. The molecule has 0 N–H and O–H groups in total. The molecule has 36 heavy (non-hydrogen) atoms. The van der Waals surface area contributed by atoms with Gasteiger partial charge in [0.15, 0.2) is 0 Å². The van der Waals surface area contributed by atoms with Crippen molar-refractivity contribution in [2.75, 3.05) is 0 Å². The van der Waals surface area contributed by atoms with Gasteiger partial charge in [0.05, 0.1) is 0 Å². The third-order valence-corrected chi connectivity index (χ3v) is 4.28. The van der Waals surface area contributed by atoms with Gasteiger partial charge in [0.1, 0.15) is 0 Å². The SMILES string of the molecule is C.C.C.C.C.C[CH-]C.[CH2-]CCC([CH-]C)CC.[CH2-]CCC([CH2-])C(C)C.[CH2-]CCC([CH2-])CC.[CH3-].[CH3-].[Y+3].[Y+3].[Y+3]. The summed E-state index contributed by atoms with van der Waals surface area (Å²) < 4.78 is 0. The fraction of sp³-hybridized carbons (Fsp3) is 0.727. The average molecular weight is 743 g/mol. The van der Waals surface area contributed by atoms with Gasteiger partial charge in [0, 0.05) is 0 Å². The van der Waals surface area contributed by atoms with Crippen LogP contribution in [-0.2, 0) is 98.1 Å². The summed E-state index contributed by atoms with van der Waals surface area (Å²) in [6, 6.07) is 0. The normalized spacial score (nSPS) is 9.58. The summed E-state index contributed by atoms with van der Waals surface area (Å²) >= 11 is 0. The second-order valence-corrected chi connectivity index (χ2v) is 7.28. The van der Waals surface area contributed by atoms with E-state index < -0.39 is 0 Å². The van der Waals surface area contributed by atoms with Gasteiger partial charge in [-0.2, -0.15) is 57.8 Å². The maximum absolute atomic E-state index is 3.99. The van der Waals surface area contributed by atoms with E-state index in [1.54, 1.807) is 0 Å². The molecule has 0 aromatic heterocycles. The molecule has 0 saturated carbocycles. The van der Waals surface area contributed by atoms with E-state index in [1.165, 1.54) is 25.7 Å². The van der Waals surface area contributed by atoms with Crippen LogP contribution >= 0.6 is 0 Å².